The Balaban J connectivity index is 1.38. The van der Waals surface area contributed by atoms with E-state index in [9.17, 15) is 14.4 Å². The van der Waals surface area contributed by atoms with Gasteiger partial charge in [0.1, 0.15) is 0 Å². The molecule has 0 unspecified atom stereocenters. The summed E-state index contributed by atoms with van der Waals surface area (Å²) in [6, 6.07) is 13.7. The average molecular weight is 441 g/mol. The van der Waals surface area contributed by atoms with E-state index in [0.717, 1.165) is 24.1 Å². The third-order valence-electron chi connectivity index (χ3n) is 6.06. The highest BCUT2D eigenvalue weighted by Gasteiger charge is 2.25. The smallest absolute Gasteiger partial charge is 0.337 e. The molecule has 1 aliphatic carbocycles. The van der Waals surface area contributed by atoms with E-state index in [1.54, 1.807) is 42.5 Å². The zero-order valence-electron chi connectivity index (χ0n) is 18.2. The predicted molar refractivity (Wildman–Crippen MR) is 126 cm³/mol. The van der Waals surface area contributed by atoms with Crippen molar-refractivity contribution in [2.75, 3.05) is 17.7 Å². The fourth-order valence-corrected chi connectivity index (χ4v) is 4.35. The van der Waals surface area contributed by atoms with E-state index in [0.29, 0.717) is 28.1 Å². The lowest BCUT2D eigenvalue weighted by Gasteiger charge is -2.09. The average Bonchev–Trinajstić information content (AvgIpc) is 3.38. The predicted octanol–water partition coefficient (Wildman–Crippen LogP) is 4.43. The number of hydrogen-bond donors (Lipinski definition) is 3. The van der Waals surface area contributed by atoms with Crippen molar-refractivity contribution in [1.82, 2.24) is 4.98 Å². The molecule has 2 aliphatic rings. The number of nitrogens with one attached hydrogen (secondary N) is 3. The Kier molecular flexibility index (Phi) is 5.30. The molecule has 1 aliphatic heterocycles. The Labute approximate surface area is 190 Å². The number of anilines is 2. The molecule has 2 aromatic carbocycles. The minimum atomic E-state index is -0.458. The van der Waals surface area contributed by atoms with Crippen LogP contribution in [-0.4, -0.2) is 29.9 Å². The van der Waals surface area contributed by atoms with Gasteiger partial charge in [-0.2, -0.15) is 0 Å². The van der Waals surface area contributed by atoms with Gasteiger partial charge in [-0.05, 0) is 85.9 Å². The van der Waals surface area contributed by atoms with E-state index in [1.807, 2.05) is 6.08 Å². The van der Waals surface area contributed by atoms with Gasteiger partial charge in [-0.25, -0.2) is 4.79 Å². The van der Waals surface area contributed by atoms with Crippen molar-refractivity contribution >= 4 is 40.8 Å². The van der Waals surface area contributed by atoms with Crippen molar-refractivity contribution in [3.05, 3.63) is 82.2 Å². The normalized spacial score (nSPS) is 15.5. The number of fused-ring (bicyclic) bond motifs is 2. The van der Waals surface area contributed by atoms with Crippen molar-refractivity contribution in [3.63, 3.8) is 0 Å². The van der Waals surface area contributed by atoms with Crippen molar-refractivity contribution in [3.8, 4) is 0 Å². The van der Waals surface area contributed by atoms with E-state index in [1.165, 1.54) is 31.2 Å². The first-order chi connectivity index (χ1) is 16.0. The molecule has 0 bridgehead atoms. The van der Waals surface area contributed by atoms with Crippen LogP contribution in [-0.2, 0) is 22.4 Å². The van der Waals surface area contributed by atoms with Crippen molar-refractivity contribution in [2.24, 2.45) is 0 Å². The second-order valence-electron chi connectivity index (χ2n) is 8.23. The summed E-state index contributed by atoms with van der Waals surface area (Å²) in [6.07, 6.45) is 6.35. The van der Waals surface area contributed by atoms with Gasteiger partial charge < -0.3 is 20.4 Å². The third-order valence-corrected chi connectivity index (χ3v) is 6.06. The maximum atomic E-state index is 12.7. The van der Waals surface area contributed by atoms with Crippen LogP contribution in [0.5, 0.6) is 0 Å². The first-order valence-electron chi connectivity index (χ1n) is 10.9. The molecule has 0 saturated carbocycles. The Bertz CT molecular complexity index is 1280. The Morgan fingerprint density at radius 2 is 1.76 bits per heavy atom. The quantitative estimate of drug-likeness (QED) is 0.412. The molecule has 0 atom stereocenters. The Hall–Kier alpha value is -4.13. The summed E-state index contributed by atoms with van der Waals surface area (Å²) < 4.78 is 4.68. The summed E-state index contributed by atoms with van der Waals surface area (Å²) in [5, 5.41) is 5.75. The molecule has 7 heteroatoms. The van der Waals surface area contributed by atoms with Gasteiger partial charge in [0.05, 0.1) is 18.2 Å². The number of hydrogen-bond acceptors (Lipinski definition) is 4. The number of aromatic nitrogens is 1. The topological polar surface area (TPSA) is 100 Å². The lowest BCUT2D eigenvalue weighted by atomic mass is 9.98. The molecule has 166 valence electrons. The molecule has 0 spiro atoms. The van der Waals surface area contributed by atoms with Gasteiger partial charge in [-0.1, -0.05) is 0 Å². The fraction of sp³-hybridized carbons (Fsp3) is 0.192. The molecule has 3 aromatic rings. The van der Waals surface area contributed by atoms with Crippen LogP contribution in [0.1, 0.15) is 56.1 Å². The maximum Gasteiger partial charge on any atom is 0.337 e. The van der Waals surface area contributed by atoms with Crippen LogP contribution in [0.3, 0.4) is 0 Å². The molecule has 5 rings (SSSR count). The molecule has 0 fully saturated rings. The highest BCUT2D eigenvalue weighted by Crippen LogP contribution is 2.35. The first kappa shape index (κ1) is 20.8. The van der Waals surface area contributed by atoms with Crippen molar-refractivity contribution < 1.29 is 19.1 Å². The van der Waals surface area contributed by atoms with Gasteiger partial charge in [-0.15, -0.1) is 0 Å². The van der Waals surface area contributed by atoms with E-state index in [2.05, 4.69) is 26.4 Å². The molecule has 2 heterocycles. The summed E-state index contributed by atoms with van der Waals surface area (Å²) in [5.41, 5.74) is 6.86. The van der Waals surface area contributed by atoms with Crippen LogP contribution in [0.2, 0.25) is 0 Å². The number of H-pyrrole nitrogens is 1. The van der Waals surface area contributed by atoms with Gasteiger partial charge in [0.15, 0.2) is 0 Å². The molecule has 1 aromatic heterocycles. The largest absolute Gasteiger partial charge is 0.465 e. The number of aromatic amines is 1. The van der Waals surface area contributed by atoms with E-state index in [4.69, 9.17) is 0 Å². The van der Waals surface area contributed by atoms with E-state index in [-0.39, 0.29) is 11.8 Å². The Morgan fingerprint density at radius 1 is 1.00 bits per heavy atom. The van der Waals surface area contributed by atoms with Crippen LogP contribution in [0, 0.1) is 0 Å². The summed E-state index contributed by atoms with van der Waals surface area (Å²) in [4.78, 5) is 40.3. The third kappa shape index (κ3) is 4.05. The summed E-state index contributed by atoms with van der Waals surface area (Å²) >= 11 is 0. The number of esters is 1. The van der Waals surface area contributed by atoms with E-state index >= 15 is 0 Å². The second-order valence-corrected chi connectivity index (χ2v) is 8.23. The minimum Gasteiger partial charge on any atom is -0.465 e. The van der Waals surface area contributed by atoms with Gasteiger partial charge >= 0.3 is 5.97 Å². The lowest BCUT2D eigenvalue weighted by Crippen LogP contribution is -2.12. The van der Waals surface area contributed by atoms with Crippen molar-refractivity contribution in [1.29, 1.82) is 0 Å². The number of ether oxygens (including phenoxy) is 1. The van der Waals surface area contributed by atoms with Gasteiger partial charge in [0, 0.05) is 33.9 Å². The van der Waals surface area contributed by atoms with Crippen LogP contribution < -0.4 is 10.6 Å². The maximum absolute atomic E-state index is 12.7. The van der Waals surface area contributed by atoms with Crippen LogP contribution in [0.4, 0.5) is 11.4 Å². The van der Waals surface area contributed by atoms with Crippen molar-refractivity contribution in [2.45, 2.75) is 25.7 Å². The first-order valence-corrected chi connectivity index (χ1v) is 10.9. The monoisotopic (exact) mass is 441 g/mol. The van der Waals surface area contributed by atoms with Crippen LogP contribution >= 0.6 is 0 Å². The van der Waals surface area contributed by atoms with E-state index < -0.39 is 5.97 Å². The number of benzene rings is 2. The SMILES string of the molecule is COC(=O)c1ccc(C(=O)Nc2ccc3c(c2)C(=Cc2cc4c([nH]2)CCCC4)C(=O)N3)cc1. The highest BCUT2D eigenvalue weighted by molar-refractivity contribution is 6.35. The fourth-order valence-electron chi connectivity index (χ4n) is 4.35. The standard InChI is InChI=1S/C26H23N3O4/c1-33-26(32)16-8-6-15(7-9-16)24(30)28-18-10-11-23-20(13-18)21(25(31)29-23)14-19-12-17-4-2-3-5-22(17)27-19/h6-14,27H,2-5H2,1H3,(H,28,30)(H,29,31). The molecule has 0 saturated heterocycles. The lowest BCUT2D eigenvalue weighted by molar-refractivity contribution is -0.110. The number of carbonyl (C=O) groups is 3. The van der Waals surface area contributed by atoms with Crippen LogP contribution in [0.15, 0.2) is 48.5 Å². The minimum absolute atomic E-state index is 0.167. The van der Waals surface area contributed by atoms with Crippen LogP contribution in [0.25, 0.3) is 11.6 Å². The summed E-state index contributed by atoms with van der Waals surface area (Å²) in [7, 11) is 1.31. The van der Waals surface area contributed by atoms with Gasteiger partial charge in [0.2, 0.25) is 0 Å². The molecular formula is C26H23N3O4. The summed E-state index contributed by atoms with van der Waals surface area (Å²) in [6.45, 7) is 0. The molecule has 33 heavy (non-hydrogen) atoms. The molecular weight excluding hydrogens is 418 g/mol. The molecule has 7 nitrogen and oxygen atoms in total. The molecule has 2 amide bonds. The number of methoxy groups -OCH3 is 1. The van der Waals surface area contributed by atoms with Gasteiger partial charge in [0.25, 0.3) is 11.8 Å². The van der Waals surface area contributed by atoms with Gasteiger partial charge in [-0.3, -0.25) is 9.59 Å². The second kappa shape index (κ2) is 8.43. The number of carbonyl (C=O) groups excluding carboxylic acids is 3. The zero-order valence-corrected chi connectivity index (χ0v) is 18.2. The number of rotatable bonds is 4. The molecule has 3 N–H and O–H groups in total. The number of aryl methyl sites for hydroxylation is 2. The zero-order chi connectivity index (χ0) is 22.9. The summed E-state index contributed by atoms with van der Waals surface area (Å²) in [5.74, 6) is -0.939. The highest BCUT2D eigenvalue weighted by atomic mass is 16.5. The Morgan fingerprint density at radius 3 is 2.52 bits per heavy atom. The number of amides is 2. The molecule has 0 radical (unpaired) electrons.